The van der Waals surface area contributed by atoms with Gasteiger partial charge < -0.3 is 10.2 Å². The summed E-state index contributed by atoms with van der Waals surface area (Å²) in [5.41, 5.74) is 0.826. The molecule has 37 heavy (non-hydrogen) atoms. The van der Waals surface area contributed by atoms with E-state index in [0.29, 0.717) is 6.54 Å². The summed E-state index contributed by atoms with van der Waals surface area (Å²) < 4.78 is 29.2. The minimum atomic E-state index is -4.22. The predicted molar refractivity (Wildman–Crippen MR) is 150 cm³/mol. The molecule has 0 radical (unpaired) electrons. The quantitative estimate of drug-likeness (QED) is 0.322. The van der Waals surface area contributed by atoms with Gasteiger partial charge >= 0.3 is 0 Å². The van der Waals surface area contributed by atoms with Crippen LogP contribution < -0.4 is 9.62 Å². The van der Waals surface area contributed by atoms with E-state index in [1.54, 1.807) is 32.0 Å². The monoisotopic (exact) mass is 625 g/mol. The Morgan fingerprint density at radius 3 is 2.27 bits per heavy atom. The highest BCUT2D eigenvalue weighted by Crippen LogP contribution is 2.33. The van der Waals surface area contributed by atoms with Crippen molar-refractivity contribution in [2.45, 2.75) is 31.3 Å². The zero-order chi connectivity index (χ0) is 27.2. The topological polar surface area (TPSA) is 86.8 Å². The molecule has 0 aromatic heterocycles. The third-order valence-electron chi connectivity index (χ3n) is 5.57. The van der Waals surface area contributed by atoms with Crippen LogP contribution in [-0.4, -0.2) is 44.3 Å². The molecule has 196 valence electrons. The first kappa shape index (κ1) is 29.0. The van der Waals surface area contributed by atoms with Gasteiger partial charge in [-0.2, -0.15) is 0 Å². The minimum Gasteiger partial charge on any atom is -0.355 e. The van der Waals surface area contributed by atoms with Crippen LogP contribution in [0.25, 0.3) is 0 Å². The van der Waals surface area contributed by atoms with Gasteiger partial charge in [-0.15, -0.1) is 0 Å². The van der Waals surface area contributed by atoms with E-state index in [0.717, 1.165) is 14.3 Å². The van der Waals surface area contributed by atoms with Gasteiger partial charge in [0.25, 0.3) is 10.0 Å². The lowest BCUT2D eigenvalue weighted by Gasteiger charge is -2.32. The number of likely N-dealkylation sites (N-methyl/N-ethyl adjacent to an activating group) is 1. The van der Waals surface area contributed by atoms with Crippen LogP contribution in [0.5, 0.6) is 0 Å². The number of halogens is 3. The van der Waals surface area contributed by atoms with Gasteiger partial charge in [0, 0.05) is 22.6 Å². The lowest BCUT2D eigenvalue weighted by Crippen LogP contribution is -2.51. The molecule has 0 aliphatic rings. The number of nitrogens with zero attached hydrogens (tertiary/aromatic N) is 2. The van der Waals surface area contributed by atoms with Crippen molar-refractivity contribution in [2.24, 2.45) is 0 Å². The summed E-state index contributed by atoms with van der Waals surface area (Å²) in [5.74, 6) is -0.941. The zero-order valence-electron chi connectivity index (χ0n) is 20.2. The molecule has 0 bridgehead atoms. The molecule has 0 fully saturated rings. The number of sulfonamides is 1. The normalized spacial score (nSPS) is 12.0. The van der Waals surface area contributed by atoms with E-state index in [9.17, 15) is 18.0 Å². The van der Waals surface area contributed by atoms with Crippen molar-refractivity contribution in [2.75, 3.05) is 17.4 Å². The van der Waals surface area contributed by atoms with E-state index >= 15 is 0 Å². The van der Waals surface area contributed by atoms with Crippen LogP contribution in [0.4, 0.5) is 5.69 Å². The van der Waals surface area contributed by atoms with Crippen molar-refractivity contribution in [1.82, 2.24) is 10.2 Å². The van der Waals surface area contributed by atoms with Gasteiger partial charge in [0.2, 0.25) is 11.8 Å². The van der Waals surface area contributed by atoms with Crippen molar-refractivity contribution in [1.29, 1.82) is 0 Å². The first-order chi connectivity index (χ1) is 17.5. The second-order valence-electron chi connectivity index (χ2n) is 8.14. The Morgan fingerprint density at radius 2 is 1.65 bits per heavy atom. The van der Waals surface area contributed by atoms with Crippen molar-refractivity contribution in [3.8, 4) is 0 Å². The second-order valence-corrected chi connectivity index (χ2v) is 11.8. The van der Waals surface area contributed by atoms with Crippen LogP contribution in [0.1, 0.15) is 19.4 Å². The van der Waals surface area contributed by atoms with Crippen molar-refractivity contribution >= 4 is 66.7 Å². The van der Waals surface area contributed by atoms with Crippen molar-refractivity contribution < 1.29 is 18.0 Å². The van der Waals surface area contributed by atoms with Crippen molar-refractivity contribution in [3.05, 3.63) is 92.9 Å². The van der Waals surface area contributed by atoms with Gasteiger partial charge in [-0.05, 0) is 61.9 Å². The molecule has 11 heteroatoms. The summed E-state index contributed by atoms with van der Waals surface area (Å²) in [5, 5.41) is 3.08. The molecule has 0 spiro atoms. The Labute approximate surface area is 235 Å². The highest BCUT2D eigenvalue weighted by Gasteiger charge is 2.33. The number of carbonyl (C=O) groups is 2. The van der Waals surface area contributed by atoms with Gasteiger partial charge in [-0.3, -0.25) is 13.9 Å². The lowest BCUT2D eigenvalue weighted by atomic mass is 10.1. The molecule has 2 amide bonds. The number of nitrogens with one attached hydrogen (secondary N) is 1. The maximum Gasteiger partial charge on any atom is 0.264 e. The third kappa shape index (κ3) is 7.25. The van der Waals surface area contributed by atoms with E-state index in [4.69, 9.17) is 23.2 Å². The van der Waals surface area contributed by atoms with Crippen LogP contribution in [-0.2, 0) is 26.2 Å². The minimum absolute atomic E-state index is 0.0184. The van der Waals surface area contributed by atoms with Crippen molar-refractivity contribution in [3.63, 3.8) is 0 Å². The van der Waals surface area contributed by atoms with E-state index in [-0.39, 0.29) is 33.1 Å². The number of rotatable bonds is 10. The lowest BCUT2D eigenvalue weighted by molar-refractivity contribution is -0.139. The summed E-state index contributed by atoms with van der Waals surface area (Å²) in [6.07, 6.45) is 0. The van der Waals surface area contributed by atoms with Gasteiger partial charge in [-0.25, -0.2) is 8.42 Å². The molecule has 3 aromatic carbocycles. The van der Waals surface area contributed by atoms with E-state index in [2.05, 4.69) is 21.2 Å². The largest absolute Gasteiger partial charge is 0.355 e. The highest BCUT2D eigenvalue weighted by atomic mass is 79.9. The third-order valence-corrected chi connectivity index (χ3v) is 8.43. The summed E-state index contributed by atoms with van der Waals surface area (Å²) in [4.78, 5) is 27.8. The Balaban J connectivity index is 2.05. The second kappa shape index (κ2) is 12.8. The molecule has 1 N–H and O–H groups in total. The maximum absolute atomic E-state index is 13.8. The SMILES string of the molecule is CCNC(=O)C(C)N(Cc1ccc(Br)cc1)C(=O)CN(c1cc(Cl)ccc1Cl)S(=O)(=O)c1ccccc1. The Kier molecular flexibility index (Phi) is 10.0. The van der Waals surface area contributed by atoms with Crippen LogP contribution in [0.3, 0.4) is 0 Å². The van der Waals surface area contributed by atoms with E-state index < -0.39 is 28.5 Å². The first-order valence-corrected chi connectivity index (χ1v) is 14.4. The molecule has 1 atom stereocenters. The molecule has 0 aliphatic heterocycles. The molecule has 0 aliphatic carbocycles. The van der Waals surface area contributed by atoms with E-state index in [1.165, 1.54) is 35.2 Å². The average molecular weight is 627 g/mol. The van der Waals surface area contributed by atoms with Gasteiger partial charge in [0.05, 0.1) is 15.6 Å². The predicted octanol–water partition coefficient (Wildman–Crippen LogP) is 5.50. The number of hydrogen-bond acceptors (Lipinski definition) is 4. The molecule has 3 rings (SSSR count). The van der Waals surface area contributed by atoms with Gasteiger partial charge in [0.15, 0.2) is 0 Å². The Bertz CT molecular complexity index is 1360. The maximum atomic E-state index is 13.8. The van der Waals surface area contributed by atoms with Crippen LogP contribution in [0.15, 0.2) is 82.2 Å². The Hall–Kier alpha value is -2.59. The molecular formula is C26H26BrCl2N3O4S. The summed E-state index contributed by atoms with van der Waals surface area (Å²) in [6, 6.07) is 18.5. The van der Waals surface area contributed by atoms with Crippen LogP contribution in [0.2, 0.25) is 10.0 Å². The smallest absolute Gasteiger partial charge is 0.264 e. The number of hydrogen-bond donors (Lipinski definition) is 1. The fourth-order valence-corrected chi connectivity index (χ4v) is 5.75. The summed E-state index contributed by atoms with van der Waals surface area (Å²) in [7, 11) is -4.22. The average Bonchev–Trinajstić information content (AvgIpc) is 2.88. The molecule has 3 aromatic rings. The fourth-order valence-electron chi connectivity index (χ4n) is 3.60. The Morgan fingerprint density at radius 1 is 1.00 bits per heavy atom. The molecule has 1 unspecified atom stereocenters. The highest BCUT2D eigenvalue weighted by molar-refractivity contribution is 9.10. The zero-order valence-corrected chi connectivity index (χ0v) is 24.1. The number of anilines is 1. The first-order valence-electron chi connectivity index (χ1n) is 11.4. The molecular weight excluding hydrogens is 601 g/mol. The van der Waals surface area contributed by atoms with Gasteiger partial charge in [0.1, 0.15) is 12.6 Å². The fraction of sp³-hybridized carbons (Fsp3) is 0.231. The summed E-state index contributed by atoms with van der Waals surface area (Å²) in [6.45, 7) is 3.26. The van der Waals surface area contributed by atoms with E-state index in [1.807, 2.05) is 24.3 Å². The molecule has 0 saturated heterocycles. The standard InChI is InChI=1S/C26H26BrCl2N3O4S/c1-3-30-26(34)18(2)31(16-19-9-11-20(27)12-10-19)25(33)17-32(24-15-21(28)13-14-23(24)29)37(35,36)22-7-5-4-6-8-22/h4-15,18H,3,16-17H2,1-2H3,(H,30,34). The number of benzene rings is 3. The van der Waals surface area contributed by atoms with Gasteiger partial charge in [-0.1, -0.05) is 69.5 Å². The number of amides is 2. The number of carbonyl (C=O) groups excluding carboxylic acids is 2. The van der Waals surface area contributed by atoms with Crippen LogP contribution in [0, 0.1) is 0 Å². The van der Waals surface area contributed by atoms with Crippen LogP contribution >= 0.6 is 39.1 Å². The molecule has 7 nitrogen and oxygen atoms in total. The molecule has 0 heterocycles. The summed E-state index contributed by atoms with van der Waals surface area (Å²) >= 11 is 15.9. The molecule has 0 saturated carbocycles.